The number of halogens is 2. The summed E-state index contributed by atoms with van der Waals surface area (Å²) >= 11 is 7.55. The predicted octanol–water partition coefficient (Wildman–Crippen LogP) is 4.19. The van der Waals surface area contributed by atoms with Crippen molar-refractivity contribution in [3.05, 3.63) is 76.0 Å². The molecule has 1 aliphatic heterocycles. The van der Waals surface area contributed by atoms with Gasteiger partial charge in [0, 0.05) is 48.8 Å². The first-order valence-corrected chi connectivity index (χ1v) is 10.6. The second-order valence-electron chi connectivity index (χ2n) is 6.78. The first-order chi connectivity index (χ1) is 14.1. The van der Waals surface area contributed by atoms with E-state index in [0.29, 0.717) is 11.3 Å². The third-order valence-corrected chi connectivity index (χ3v) is 5.93. The van der Waals surface area contributed by atoms with Gasteiger partial charge in [-0.25, -0.2) is 9.37 Å². The maximum atomic E-state index is 13.2. The van der Waals surface area contributed by atoms with E-state index in [2.05, 4.69) is 26.2 Å². The number of carbonyl (C=O) groups excluding carboxylic acids is 1. The van der Waals surface area contributed by atoms with Crippen molar-refractivity contribution >= 4 is 39.7 Å². The van der Waals surface area contributed by atoms with Gasteiger partial charge in [-0.05, 0) is 35.9 Å². The first kappa shape index (κ1) is 19.7. The Kier molecular flexibility index (Phi) is 5.97. The number of hydrogen-bond acceptors (Lipinski definition) is 5. The molecule has 150 valence electrons. The van der Waals surface area contributed by atoms with E-state index >= 15 is 0 Å². The molecule has 0 aliphatic carbocycles. The molecule has 4 rings (SSSR count). The van der Waals surface area contributed by atoms with Crippen LogP contribution in [-0.2, 0) is 6.54 Å². The van der Waals surface area contributed by atoms with Gasteiger partial charge < -0.3 is 15.1 Å². The number of nitrogens with one attached hydrogen (secondary N) is 1. The number of aromatic nitrogens is 1. The third-order valence-electron chi connectivity index (χ3n) is 4.79. The second-order valence-corrected chi connectivity index (χ2v) is 8.05. The number of rotatable bonds is 5. The molecule has 1 amide bonds. The quantitative estimate of drug-likeness (QED) is 0.659. The highest BCUT2D eigenvalue weighted by atomic mass is 35.5. The Morgan fingerprint density at radius 2 is 1.86 bits per heavy atom. The van der Waals surface area contributed by atoms with Gasteiger partial charge in [0.25, 0.3) is 5.91 Å². The molecule has 0 atom stereocenters. The van der Waals surface area contributed by atoms with Crippen LogP contribution in [0, 0.1) is 5.82 Å². The van der Waals surface area contributed by atoms with E-state index in [0.717, 1.165) is 42.0 Å². The molecule has 0 unspecified atom stereocenters. The smallest absolute Gasteiger partial charge is 0.271 e. The second kappa shape index (κ2) is 8.80. The van der Waals surface area contributed by atoms with E-state index in [9.17, 15) is 9.18 Å². The summed E-state index contributed by atoms with van der Waals surface area (Å²) in [6.07, 6.45) is 0. The van der Waals surface area contributed by atoms with Crippen molar-refractivity contribution in [1.29, 1.82) is 0 Å². The standard InChI is InChI=1S/C21H20ClFN4OS/c22-16-4-2-6-18(12-16)26-7-9-27(10-8-26)21-25-19(14-29-21)20(28)24-13-15-3-1-5-17(23)11-15/h1-6,11-12,14H,7-10,13H2,(H,24,28). The maximum Gasteiger partial charge on any atom is 0.271 e. The maximum absolute atomic E-state index is 13.2. The van der Waals surface area contributed by atoms with Gasteiger partial charge in [0.05, 0.1) is 0 Å². The Balaban J connectivity index is 1.32. The van der Waals surface area contributed by atoms with Crippen molar-refractivity contribution in [3.8, 4) is 0 Å². The molecule has 2 heterocycles. The van der Waals surface area contributed by atoms with Gasteiger partial charge in [0.1, 0.15) is 11.5 Å². The number of benzene rings is 2. The summed E-state index contributed by atoms with van der Waals surface area (Å²) in [7, 11) is 0. The predicted molar refractivity (Wildman–Crippen MR) is 116 cm³/mol. The summed E-state index contributed by atoms with van der Waals surface area (Å²) in [5, 5.41) is 6.13. The van der Waals surface area contributed by atoms with Gasteiger partial charge in [-0.15, -0.1) is 11.3 Å². The van der Waals surface area contributed by atoms with Crippen molar-refractivity contribution in [2.45, 2.75) is 6.54 Å². The Morgan fingerprint density at radius 1 is 1.10 bits per heavy atom. The van der Waals surface area contributed by atoms with Crippen LogP contribution in [0.2, 0.25) is 5.02 Å². The topological polar surface area (TPSA) is 48.5 Å². The molecular weight excluding hydrogens is 411 g/mol. The fraction of sp³-hybridized carbons (Fsp3) is 0.238. The Hall–Kier alpha value is -2.64. The lowest BCUT2D eigenvalue weighted by atomic mass is 10.2. The molecule has 8 heteroatoms. The molecule has 0 bridgehead atoms. The van der Waals surface area contributed by atoms with E-state index in [1.165, 1.54) is 23.5 Å². The van der Waals surface area contributed by atoms with Crippen LogP contribution in [0.4, 0.5) is 15.2 Å². The van der Waals surface area contributed by atoms with Crippen LogP contribution < -0.4 is 15.1 Å². The summed E-state index contributed by atoms with van der Waals surface area (Å²) in [6.45, 7) is 3.64. The van der Waals surface area contributed by atoms with E-state index in [4.69, 9.17) is 11.6 Å². The lowest BCUT2D eigenvalue weighted by Gasteiger charge is -2.36. The summed E-state index contributed by atoms with van der Waals surface area (Å²) in [5.74, 6) is -0.570. The molecule has 29 heavy (non-hydrogen) atoms. The average Bonchev–Trinajstić information content (AvgIpc) is 3.23. The monoisotopic (exact) mass is 430 g/mol. The Bertz CT molecular complexity index is 1000. The van der Waals surface area contributed by atoms with Crippen molar-refractivity contribution < 1.29 is 9.18 Å². The molecule has 1 aliphatic rings. The number of nitrogens with zero attached hydrogens (tertiary/aromatic N) is 3. The lowest BCUT2D eigenvalue weighted by Crippen LogP contribution is -2.46. The van der Waals surface area contributed by atoms with E-state index in [1.54, 1.807) is 17.5 Å². The summed E-state index contributed by atoms with van der Waals surface area (Å²) in [4.78, 5) is 21.3. The Morgan fingerprint density at radius 3 is 2.62 bits per heavy atom. The molecule has 0 radical (unpaired) electrons. The molecule has 3 aromatic rings. The molecule has 0 spiro atoms. The van der Waals surface area contributed by atoms with Crippen LogP contribution >= 0.6 is 22.9 Å². The molecule has 5 nitrogen and oxygen atoms in total. The highest BCUT2D eigenvalue weighted by molar-refractivity contribution is 7.13. The fourth-order valence-electron chi connectivity index (χ4n) is 3.26. The first-order valence-electron chi connectivity index (χ1n) is 9.32. The number of anilines is 2. The third kappa shape index (κ3) is 4.86. The number of thiazole rings is 1. The Labute approximate surface area is 177 Å². The summed E-state index contributed by atoms with van der Waals surface area (Å²) in [5.41, 5.74) is 2.22. The zero-order valence-corrected chi connectivity index (χ0v) is 17.2. The van der Waals surface area contributed by atoms with Crippen LogP contribution in [0.15, 0.2) is 53.9 Å². The molecule has 1 N–H and O–H groups in total. The lowest BCUT2D eigenvalue weighted by molar-refractivity contribution is 0.0946. The van der Waals surface area contributed by atoms with E-state index in [1.807, 2.05) is 18.2 Å². The van der Waals surface area contributed by atoms with Crippen LogP contribution in [0.1, 0.15) is 16.1 Å². The van der Waals surface area contributed by atoms with E-state index in [-0.39, 0.29) is 18.3 Å². The van der Waals surface area contributed by atoms with Gasteiger partial charge in [-0.1, -0.05) is 29.8 Å². The summed E-state index contributed by atoms with van der Waals surface area (Å²) < 4.78 is 13.2. The van der Waals surface area contributed by atoms with Crippen molar-refractivity contribution in [2.24, 2.45) is 0 Å². The minimum Gasteiger partial charge on any atom is -0.368 e. The van der Waals surface area contributed by atoms with Crippen LogP contribution in [0.3, 0.4) is 0 Å². The highest BCUT2D eigenvalue weighted by Gasteiger charge is 2.21. The summed E-state index contributed by atoms with van der Waals surface area (Å²) in [6, 6.07) is 14.1. The number of carbonyl (C=O) groups is 1. The van der Waals surface area contributed by atoms with Crippen LogP contribution in [-0.4, -0.2) is 37.1 Å². The van der Waals surface area contributed by atoms with Crippen molar-refractivity contribution in [3.63, 3.8) is 0 Å². The van der Waals surface area contributed by atoms with Gasteiger partial charge in [-0.3, -0.25) is 4.79 Å². The minimum absolute atomic E-state index is 0.255. The molecule has 0 saturated carbocycles. The fourth-order valence-corrected chi connectivity index (χ4v) is 4.31. The van der Waals surface area contributed by atoms with Gasteiger partial charge >= 0.3 is 0 Å². The van der Waals surface area contributed by atoms with E-state index < -0.39 is 0 Å². The number of piperazine rings is 1. The minimum atomic E-state index is -0.315. The molecular formula is C21H20ClFN4OS. The molecule has 1 fully saturated rings. The van der Waals surface area contributed by atoms with Crippen molar-refractivity contribution in [1.82, 2.24) is 10.3 Å². The largest absolute Gasteiger partial charge is 0.368 e. The molecule has 1 aromatic heterocycles. The van der Waals surface area contributed by atoms with Crippen LogP contribution in [0.25, 0.3) is 0 Å². The molecule has 1 saturated heterocycles. The van der Waals surface area contributed by atoms with Gasteiger partial charge in [0.2, 0.25) is 0 Å². The average molecular weight is 431 g/mol. The zero-order chi connectivity index (χ0) is 20.2. The van der Waals surface area contributed by atoms with Gasteiger partial charge in [-0.2, -0.15) is 0 Å². The number of amides is 1. The van der Waals surface area contributed by atoms with Gasteiger partial charge in [0.15, 0.2) is 5.13 Å². The van der Waals surface area contributed by atoms with Crippen molar-refractivity contribution in [2.75, 3.05) is 36.0 Å². The normalized spacial score (nSPS) is 14.1. The number of hydrogen-bond donors (Lipinski definition) is 1. The van der Waals surface area contributed by atoms with Crippen LogP contribution in [0.5, 0.6) is 0 Å². The SMILES string of the molecule is O=C(NCc1cccc(F)c1)c1csc(N2CCN(c3cccc(Cl)c3)CC2)n1. The zero-order valence-electron chi connectivity index (χ0n) is 15.6. The highest BCUT2D eigenvalue weighted by Crippen LogP contribution is 2.25. The molecule has 2 aromatic carbocycles.